The number of nitrogens with one attached hydrogen (secondary N) is 7. The topological polar surface area (TPSA) is 334 Å². The molecule has 0 bridgehead atoms. The van der Waals surface area contributed by atoms with Crippen molar-refractivity contribution in [2.45, 2.75) is 69.6 Å². The number of nitrogens with two attached hydrogens (primary N) is 3. The van der Waals surface area contributed by atoms with E-state index in [0.717, 1.165) is 0 Å². The Balaban J connectivity index is 5.23. The van der Waals surface area contributed by atoms with Gasteiger partial charge in [0.25, 0.3) is 0 Å². The molecule has 0 radical (unpaired) electrons. The molecule has 0 aromatic carbocycles. The van der Waals surface area contributed by atoms with Crippen molar-refractivity contribution in [1.82, 2.24) is 31.9 Å². The molecule has 0 spiro atoms. The number of guanidine groups is 1. The zero-order valence-electron chi connectivity index (χ0n) is 23.4. The smallest absolute Gasteiger partial charge is 0.305 e. The van der Waals surface area contributed by atoms with E-state index in [1.165, 1.54) is 6.92 Å². The molecule has 0 aromatic rings. The first-order valence-corrected chi connectivity index (χ1v) is 13.1. The van der Waals surface area contributed by atoms with E-state index in [-0.39, 0.29) is 25.3 Å². The number of hydrogen-bond donors (Lipinski definition) is 12. The summed E-state index contributed by atoms with van der Waals surface area (Å²) in [6.45, 7) is 0.158. The molecular weight excluding hydrogens is 560 g/mol. The molecule has 19 heteroatoms. The number of aliphatic hydroxyl groups is 1. The summed E-state index contributed by atoms with van der Waals surface area (Å²) in [7, 11) is 0. The minimum Gasteiger partial charge on any atom is -0.481 e. The Morgan fingerprint density at radius 3 is 1.88 bits per heavy atom. The van der Waals surface area contributed by atoms with Gasteiger partial charge in [0.05, 0.1) is 19.6 Å². The number of carbonyl (C=O) groups is 7. The lowest BCUT2D eigenvalue weighted by molar-refractivity contribution is -0.141. The Bertz CT molecular complexity index is 978. The fourth-order valence-corrected chi connectivity index (χ4v) is 3.48. The minimum atomic E-state index is -1.71. The molecule has 0 rings (SSSR count). The fraction of sp³-hybridized carbons (Fsp3) is 0.652. The average Bonchev–Trinajstić information content (AvgIpc) is 2.90. The summed E-state index contributed by atoms with van der Waals surface area (Å²) in [4.78, 5) is 84.6. The fourth-order valence-electron chi connectivity index (χ4n) is 3.48. The molecule has 15 N–H and O–H groups in total. The third kappa shape index (κ3) is 16.6. The standard InChI is InChI=1S/C23H42N10O9/c1-12(35)30-14(6-4-8-28-23(26)27)20(40)29-10-17(36)31-15(9-18(37)38)21(41)33-16(11-34)22(42)32-13(19(25)39)5-2-3-7-24/h13-16,34H,2-11,24H2,1H3,(H2,25,39)(H,29,40)(H,30,35)(H,31,36)(H,32,42)(H,33,41)(H,37,38)(H4,26,27,28)/t13-,14-,15-,16-/m0/s1. The predicted octanol–water partition coefficient (Wildman–Crippen LogP) is -5.59. The Morgan fingerprint density at radius 1 is 0.762 bits per heavy atom. The Morgan fingerprint density at radius 2 is 1.36 bits per heavy atom. The number of aliphatic hydroxyl groups excluding tert-OH is 1. The molecule has 238 valence electrons. The number of rotatable bonds is 21. The largest absolute Gasteiger partial charge is 0.481 e. The van der Waals surface area contributed by atoms with E-state index < -0.39 is 85.2 Å². The van der Waals surface area contributed by atoms with Gasteiger partial charge in [-0.05, 0) is 38.6 Å². The molecule has 0 heterocycles. The lowest BCUT2D eigenvalue weighted by Crippen LogP contribution is -2.58. The van der Waals surface area contributed by atoms with Crippen LogP contribution in [0.15, 0.2) is 0 Å². The number of hydrogen-bond acceptors (Lipinski definition) is 10. The molecule has 0 saturated carbocycles. The number of amides is 6. The van der Waals surface area contributed by atoms with Crippen molar-refractivity contribution in [1.29, 1.82) is 5.41 Å². The van der Waals surface area contributed by atoms with E-state index in [4.69, 9.17) is 22.6 Å². The summed E-state index contributed by atoms with van der Waals surface area (Å²) in [6.07, 6.45) is 0.734. The molecule has 0 aliphatic rings. The molecule has 0 aliphatic carbocycles. The minimum absolute atomic E-state index is 0.131. The van der Waals surface area contributed by atoms with Gasteiger partial charge in [-0.1, -0.05) is 0 Å². The first kappa shape index (κ1) is 37.5. The van der Waals surface area contributed by atoms with E-state index >= 15 is 0 Å². The Labute approximate surface area is 241 Å². The van der Waals surface area contributed by atoms with Gasteiger partial charge in [-0.25, -0.2) is 0 Å². The first-order chi connectivity index (χ1) is 19.7. The van der Waals surface area contributed by atoms with E-state index in [1.807, 2.05) is 0 Å². The highest BCUT2D eigenvalue weighted by Gasteiger charge is 2.30. The van der Waals surface area contributed by atoms with E-state index in [9.17, 15) is 43.8 Å². The zero-order valence-corrected chi connectivity index (χ0v) is 23.4. The molecule has 6 amide bonds. The van der Waals surface area contributed by atoms with Gasteiger partial charge < -0.3 is 59.3 Å². The van der Waals surface area contributed by atoms with Crippen LogP contribution in [-0.2, 0) is 33.6 Å². The SMILES string of the molecule is CC(=O)N[C@@H](CCCNC(=N)N)C(=O)NCC(=O)N[C@@H](CC(=O)O)C(=O)N[C@@H](CO)C(=O)N[C@@H](CCCCN)C(N)=O. The van der Waals surface area contributed by atoms with E-state index in [1.54, 1.807) is 0 Å². The summed E-state index contributed by atoms with van der Waals surface area (Å²) in [5.41, 5.74) is 15.9. The molecule has 0 unspecified atom stereocenters. The van der Waals surface area contributed by atoms with Gasteiger partial charge in [0.1, 0.15) is 24.2 Å². The van der Waals surface area contributed by atoms with Crippen molar-refractivity contribution in [3.8, 4) is 0 Å². The van der Waals surface area contributed by atoms with Gasteiger partial charge in [0.15, 0.2) is 5.96 Å². The van der Waals surface area contributed by atoms with Crippen LogP contribution in [0.5, 0.6) is 0 Å². The van der Waals surface area contributed by atoms with Crippen LogP contribution in [0.3, 0.4) is 0 Å². The number of unbranched alkanes of at least 4 members (excludes halogenated alkanes) is 1. The monoisotopic (exact) mass is 602 g/mol. The Kier molecular flexibility index (Phi) is 18.2. The number of carboxylic acids is 1. The Hall–Kier alpha value is -4.52. The third-order valence-electron chi connectivity index (χ3n) is 5.56. The molecule has 0 aromatic heterocycles. The van der Waals surface area contributed by atoms with Gasteiger partial charge in [-0.2, -0.15) is 0 Å². The van der Waals surface area contributed by atoms with Gasteiger partial charge in [0, 0.05) is 13.5 Å². The van der Waals surface area contributed by atoms with Gasteiger partial charge in [-0.15, -0.1) is 0 Å². The summed E-state index contributed by atoms with van der Waals surface area (Å²) in [5.74, 6) is -6.95. The number of primary amides is 1. The highest BCUT2D eigenvalue weighted by atomic mass is 16.4. The van der Waals surface area contributed by atoms with Crippen molar-refractivity contribution in [2.24, 2.45) is 17.2 Å². The molecular formula is C23H42N10O9. The summed E-state index contributed by atoms with van der Waals surface area (Å²) in [6, 6.07) is -5.47. The number of aliphatic carboxylic acids is 1. The molecule has 0 aliphatic heterocycles. The lowest BCUT2D eigenvalue weighted by atomic mass is 10.1. The maximum Gasteiger partial charge on any atom is 0.305 e. The molecule has 42 heavy (non-hydrogen) atoms. The van der Waals surface area contributed by atoms with Crippen LogP contribution in [0, 0.1) is 5.41 Å². The summed E-state index contributed by atoms with van der Waals surface area (Å²) in [5, 5.41) is 39.7. The second-order valence-corrected chi connectivity index (χ2v) is 9.16. The van der Waals surface area contributed by atoms with Gasteiger partial charge in [0.2, 0.25) is 35.4 Å². The highest BCUT2D eigenvalue weighted by Crippen LogP contribution is 2.02. The quantitative estimate of drug-likeness (QED) is 0.0332. The van der Waals surface area contributed by atoms with Crippen LogP contribution >= 0.6 is 0 Å². The van der Waals surface area contributed by atoms with Crippen molar-refractivity contribution < 1.29 is 43.8 Å². The van der Waals surface area contributed by atoms with Crippen molar-refractivity contribution in [3.05, 3.63) is 0 Å². The van der Waals surface area contributed by atoms with Crippen molar-refractivity contribution in [2.75, 3.05) is 26.2 Å². The lowest BCUT2D eigenvalue weighted by Gasteiger charge is -2.23. The average molecular weight is 603 g/mol. The molecule has 0 saturated heterocycles. The molecule has 4 atom stereocenters. The van der Waals surface area contributed by atoms with Crippen molar-refractivity contribution in [3.63, 3.8) is 0 Å². The third-order valence-corrected chi connectivity index (χ3v) is 5.56. The maximum atomic E-state index is 12.7. The first-order valence-electron chi connectivity index (χ1n) is 13.1. The van der Waals surface area contributed by atoms with Crippen LogP contribution in [-0.4, -0.2) is 108 Å². The second-order valence-electron chi connectivity index (χ2n) is 9.16. The highest BCUT2D eigenvalue weighted by molar-refractivity contribution is 5.96. The summed E-state index contributed by atoms with van der Waals surface area (Å²) >= 11 is 0. The van der Waals surface area contributed by atoms with Crippen LogP contribution in [0.1, 0.15) is 45.4 Å². The predicted molar refractivity (Wildman–Crippen MR) is 147 cm³/mol. The van der Waals surface area contributed by atoms with Gasteiger partial charge in [-0.3, -0.25) is 39.0 Å². The van der Waals surface area contributed by atoms with E-state index in [2.05, 4.69) is 31.9 Å². The van der Waals surface area contributed by atoms with Crippen molar-refractivity contribution >= 4 is 47.4 Å². The maximum absolute atomic E-state index is 12.7. The van der Waals surface area contributed by atoms with Crippen LogP contribution in [0.2, 0.25) is 0 Å². The van der Waals surface area contributed by atoms with Crippen LogP contribution < -0.4 is 49.1 Å². The second kappa shape index (κ2) is 20.4. The molecule has 19 nitrogen and oxygen atoms in total. The van der Waals surface area contributed by atoms with E-state index in [0.29, 0.717) is 25.8 Å². The van der Waals surface area contributed by atoms with Crippen LogP contribution in [0.25, 0.3) is 0 Å². The van der Waals surface area contributed by atoms with Gasteiger partial charge >= 0.3 is 5.97 Å². The van der Waals surface area contributed by atoms with Crippen LogP contribution in [0.4, 0.5) is 0 Å². The molecule has 0 fully saturated rings. The number of carboxylic acid groups (broad SMARTS) is 1. The number of carbonyl (C=O) groups excluding carboxylic acids is 6. The summed E-state index contributed by atoms with van der Waals surface area (Å²) < 4.78 is 0. The normalized spacial score (nSPS) is 13.3. The zero-order chi connectivity index (χ0) is 32.2.